The molecule has 0 aliphatic carbocycles. The zero-order valence-electron chi connectivity index (χ0n) is 9.50. The van der Waals surface area contributed by atoms with E-state index >= 15 is 0 Å². The van der Waals surface area contributed by atoms with Gasteiger partial charge in [0, 0.05) is 11.6 Å². The van der Waals surface area contributed by atoms with Crippen LogP contribution < -0.4 is 0 Å². The summed E-state index contributed by atoms with van der Waals surface area (Å²) in [5.74, 6) is 0.501. The molecule has 0 aromatic carbocycles. The van der Waals surface area contributed by atoms with Gasteiger partial charge in [-0.3, -0.25) is 4.79 Å². The average Bonchev–Trinajstić information content (AvgIpc) is 2.49. The second-order valence-electron chi connectivity index (χ2n) is 3.78. The molecule has 0 aliphatic heterocycles. The van der Waals surface area contributed by atoms with Crippen molar-refractivity contribution < 1.29 is 9.90 Å². The van der Waals surface area contributed by atoms with E-state index < -0.39 is 5.97 Å². The fourth-order valence-corrected chi connectivity index (χ4v) is 1.71. The fourth-order valence-electron chi connectivity index (χ4n) is 1.71. The monoisotopic (exact) mass is 210 g/mol. The molecule has 1 rings (SSSR count). The Morgan fingerprint density at radius 1 is 1.47 bits per heavy atom. The molecule has 1 aromatic heterocycles. The predicted octanol–water partition coefficient (Wildman–Crippen LogP) is 2.25. The first-order chi connectivity index (χ1) is 7.08. The molecule has 1 heterocycles. The van der Waals surface area contributed by atoms with Crippen molar-refractivity contribution in [3.8, 4) is 0 Å². The minimum absolute atomic E-state index is 0.00246. The van der Waals surface area contributed by atoms with E-state index in [4.69, 9.17) is 5.11 Å². The molecule has 0 atom stereocenters. The summed E-state index contributed by atoms with van der Waals surface area (Å²) in [4.78, 5) is 18.1. The number of carboxylic acid groups (broad SMARTS) is 1. The fraction of sp³-hybridized carbons (Fsp3) is 0.636. The van der Waals surface area contributed by atoms with Crippen molar-refractivity contribution >= 4 is 5.97 Å². The maximum absolute atomic E-state index is 10.6. The lowest BCUT2D eigenvalue weighted by Gasteiger charge is -2.07. The molecule has 0 aliphatic rings. The summed E-state index contributed by atoms with van der Waals surface area (Å²) in [7, 11) is 0. The summed E-state index contributed by atoms with van der Waals surface area (Å²) in [5, 5.41) is 8.70. The van der Waals surface area contributed by atoms with Crippen molar-refractivity contribution in [2.75, 3.05) is 0 Å². The van der Waals surface area contributed by atoms with Crippen LogP contribution in [0, 0.1) is 6.92 Å². The minimum atomic E-state index is -0.833. The quantitative estimate of drug-likeness (QED) is 0.783. The number of aliphatic carboxylic acids is 1. The Balaban J connectivity index is 2.88. The first-order valence-electron chi connectivity index (χ1n) is 5.35. The molecule has 84 valence electrons. The summed E-state index contributed by atoms with van der Waals surface area (Å²) in [6.07, 6.45) is 2.05. The van der Waals surface area contributed by atoms with Crippen LogP contribution in [0.5, 0.6) is 0 Å². The van der Waals surface area contributed by atoms with Crippen LogP contribution in [0.4, 0.5) is 0 Å². The molecular weight excluding hydrogens is 192 g/mol. The van der Waals surface area contributed by atoms with E-state index in [1.165, 1.54) is 0 Å². The van der Waals surface area contributed by atoms with E-state index in [0.29, 0.717) is 11.6 Å². The third kappa shape index (κ3) is 2.81. The Kier molecular flexibility index (Phi) is 3.88. The van der Waals surface area contributed by atoms with Crippen LogP contribution in [0.15, 0.2) is 0 Å². The Bertz CT molecular complexity index is 340. The zero-order chi connectivity index (χ0) is 11.4. The smallest absolute Gasteiger partial charge is 0.309 e. The summed E-state index contributed by atoms with van der Waals surface area (Å²) in [5.41, 5.74) is 1.53. The number of aryl methyl sites for hydroxylation is 1. The number of aromatic nitrogens is 2. The van der Waals surface area contributed by atoms with Gasteiger partial charge in [0.25, 0.3) is 0 Å². The van der Waals surface area contributed by atoms with Crippen molar-refractivity contribution in [1.29, 1.82) is 0 Å². The number of H-pyrrole nitrogens is 1. The topological polar surface area (TPSA) is 66.0 Å². The van der Waals surface area contributed by atoms with Gasteiger partial charge in [-0.15, -0.1) is 0 Å². The summed E-state index contributed by atoms with van der Waals surface area (Å²) < 4.78 is 0. The van der Waals surface area contributed by atoms with Gasteiger partial charge in [-0.2, -0.15) is 0 Å². The van der Waals surface area contributed by atoms with Crippen LogP contribution in [-0.4, -0.2) is 21.0 Å². The SMILES string of the molecule is CCC(CC)c1nc(CC(=O)O)c(C)[nH]1. The molecule has 15 heavy (non-hydrogen) atoms. The van der Waals surface area contributed by atoms with Gasteiger partial charge in [-0.25, -0.2) is 4.98 Å². The van der Waals surface area contributed by atoms with E-state index in [2.05, 4.69) is 23.8 Å². The molecule has 0 radical (unpaired) electrons. The molecule has 0 fully saturated rings. The molecule has 0 saturated carbocycles. The highest BCUT2D eigenvalue weighted by Crippen LogP contribution is 2.21. The Hall–Kier alpha value is -1.32. The first kappa shape index (κ1) is 11.8. The zero-order valence-corrected chi connectivity index (χ0v) is 9.50. The van der Waals surface area contributed by atoms with E-state index in [1.54, 1.807) is 0 Å². The number of imidazole rings is 1. The van der Waals surface area contributed by atoms with E-state index in [1.807, 2.05) is 6.92 Å². The van der Waals surface area contributed by atoms with Gasteiger partial charge in [0.2, 0.25) is 0 Å². The Labute approximate surface area is 89.7 Å². The lowest BCUT2D eigenvalue weighted by Crippen LogP contribution is -2.02. The predicted molar refractivity (Wildman–Crippen MR) is 58.0 cm³/mol. The number of hydrogen-bond donors (Lipinski definition) is 2. The highest BCUT2D eigenvalue weighted by molar-refractivity contribution is 5.69. The molecule has 0 unspecified atom stereocenters. The molecule has 4 heteroatoms. The molecule has 1 aromatic rings. The third-order valence-corrected chi connectivity index (χ3v) is 2.69. The molecule has 0 spiro atoms. The number of carboxylic acids is 1. The molecule has 0 saturated heterocycles. The standard InChI is InChI=1S/C11H18N2O2/c1-4-8(5-2)11-12-7(3)9(13-11)6-10(14)15/h8H,4-6H2,1-3H3,(H,12,13)(H,14,15). The van der Waals surface area contributed by atoms with Crippen LogP contribution in [-0.2, 0) is 11.2 Å². The lowest BCUT2D eigenvalue weighted by atomic mass is 10.0. The van der Waals surface area contributed by atoms with E-state index in [0.717, 1.165) is 24.4 Å². The van der Waals surface area contributed by atoms with Gasteiger partial charge in [0.05, 0.1) is 12.1 Å². The lowest BCUT2D eigenvalue weighted by molar-refractivity contribution is -0.136. The van der Waals surface area contributed by atoms with Gasteiger partial charge in [-0.1, -0.05) is 13.8 Å². The maximum Gasteiger partial charge on any atom is 0.309 e. The number of aromatic amines is 1. The van der Waals surface area contributed by atoms with Crippen molar-refractivity contribution in [2.45, 2.75) is 46.0 Å². The van der Waals surface area contributed by atoms with Crippen LogP contribution in [0.2, 0.25) is 0 Å². The van der Waals surface area contributed by atoms with E-state index in [-0.39, 0.29) is 6.42 Å². The molecule has 4 nitrogen and oxygen atoms in total. The minimum Gasteiger partial charge on any atom is -0.481 e. The van der Waals surface area contributed by atoms with Gasteiger partial charge in [0.15, 0.2) is 0 Å². The summed E-state index contributed by atoms with van der Waals surface area (Å²) in [6, 6.07) is 0. The third-order valence-electron chi connectivity index (χ3n) is 2.69. The normalized spacial score (nSPS) is 10.9. The van der Waals surface area contributed by atoms with Gasteiger partial charge in [0.1, 0.15) is 5.82 Å². The molecule has 0 bridgehead atoms. The largest absolute Gasteiger partial charge is 0.481 e. The van der Waals surface area contributed by atoms with Crippen LogP contribution >= 0.6 is 0 Å². The summed E-state index contributed by atoms with van der Waals surface area (Å²) >= 11 is 0. The van der Waals surface area contributed by atoms with Crippen molar-refractivity contribution in [3.63, 3.8) is 0 Å². The average molecular weight is 210 g/mol. The number of carbonyl (C=O) groups is 1. The maximum atomic E-state index is 10.6. The van der Waals surface area contributed by atoms with Crippen molar-refractivity contribution in [1.82, 2.24) is 9.97 Å². The van der Waals surface area contributed by atoms with E-state index in [9.17, 15) is 4.79 Å². The second-order valence-corrected chi connectivity index (χ2v) is 3.78. The van der Waals surface area contributed by atoms with Gasteiger partial charge in [-0.05, 0) is 19.8 Å². The summed E-state index contributed by atoms with van der Waals surface area (Å²) in [6.45, 7) is 6.10. The first-order valence-corrected chi connectivity index (χ1v) is 5.35. The van der Waals surface area contributed by atoms with Gasteiger partial charge >= 0.3 is 5.97 Å². The van der Waals surface area contributed by atoms with Crippen molar-refractivity contribution in [2.24, 2.45) is 0 Å². The highest BCUT2D eigenvalue weighted by Gasteiger charge is 2.15. The van der Waals surface area contributed by atoms with Crippen LogP contribution in [0.1, 0.15) is 49.8 Å². The molecule has 2 N–H and O–H groups in total. The molecule has 0 amide bonds. The highest BCUT2D eigenvalue weighted by atomic mass is 16.4. The number of rotatable bonds is 5. The Morgan fingerprint density at radius 3 is 2.53 bits per heavy atom. The number of nitrogens with one attached hydrogen (secondary N) is 1. The van der Waals surface area contributed by atoms with Crippen LogP contribution in [0.25, 0.3) is 0 Å². The molecular formula is C11H18N2O2. The van der Waals surface area contributed by atoms with Gasteiger partial charge < -0.3 is 10.1 Å². The number of nitrogens with zero attached hydrogens (tertiary/aromatic N) is 1. The number of hydrogen-bond acceptors (Lipinski definition) is 2. The van der Waals surface area contributed by atoms with Crippen molar-refractivity contribution in [3.05, 3.63) is 17.2 Å². The van der Waals surface area contributed by atoms with Crippen LogP contribution in [0.3, 0.4) is 0 Å². The Morgan fingerprint density at radius 2 is 2.07 bits per heavy atom. The second kappa shape index (κ2) is 4.96.